The maximum Gasteiger partial charge on any atom is 0.220 e. The van der Waals surface area contributed by atoms with E-state index >= 15 is 0 Å². The molecule has 94 valence electrons. The molecular weight excluding hydrogens is 218 g/mol. The summed E-state index contributed by atoms with van der Waals surface area (Å²) >= 11 is 0. The fraction of sp³-hybridized carbons (Fsp3) is 0.462. The molecule has 0 spiro atoms. The number of amides is 1. The summed E-state index contributed by atoms with van der Waals surface area (Å²) in [6, 6.07) is 7.66. The van der Waals surface area contributed by atoms with E-state index in [1.165, 1.54) is 0 Å². The Hall–Kier alpha value is -1.55. The lowest BCUT2D eigenvalue weighted by Crippen LogP contribution is -2.30. The van der Waals surface area contributed by atoms with Gasteiger partial charge in [0.05, 0.1) is 13.2 Å². The molecule has 2 N–H and O–H groups in total. The van der Waals surface area contributed by atoms with Crippen molar-refractivity contribution in [2.45, 2.75) is 25.9 Å². The SMILES string of the molecule is COc1cccc(CCC(=O)NC[C@H](C)O)c1. The summed E-state index contributed by atoms with van der Waals surface area (Å²) in [4.78, 5) is 11.4. The minimum absolute atomic E-state index is 0.0475. The monoisotopic (exact) mass is 237 g/mol. The van der Waals surface area contributed by atoms with Crippen LogP contribution in [0.25, 0.3) is 0 Å². The maximum atomic E-state index is 11.4. The Morgan fingerprint density at radius 2 is 2.29 bits per heavy atom. The summed E-state index contributed by atoms with van der Waals surface area (Å²) < 4.78 is 5.11. The van der Waals surface area contributed by atoms with Crippen LogP contribution in [0.5, 0.6) is 5.75 Å². The van der Waals surface area contributed by atoms with Gasteiger partial charge in [-0.3, -0.25) is 4.79 Å². The summed E-state index contributed by atoms with van der Waals surface area (Å²) in [5, 5.41) is 11.7. The highest BCUT2D eigenvalue weighted by Crippen LogP contribution is 2.13. The third-order valence-corrected chi connectivity index (χ3v) is 2.37. The molecule has 0 saturated heterocycles. The Bertz CT molecular complexity index is 363. The van der Waals surface area contributed by atoms with Crippen molar-refractivity contribution in [2.75, 3.05) is 13.7 Å². The molecule has 0 aromatic heterocycles. The molecule has 0 aliphatic heterocycles. The first-order valence-corrected chi connectivity index (χ1v) is 5.69. The number of aliphatic hydroxyl groups is 1. The smallest absolute Gasteiger partial charge is 0.220 e. The zero-order valence-electron chi connectivity index (χ0n) is 10.3. The maximum absolute atomic E-state index is 11.4. The van der Waals surface area contributed by atoms with Gasteiger partial charge in [0.25, 0.3) is 0 Å². The largest absolute Gasteiger partial charge is 0.497 e. The Balaban J connectivity index is 2.36. The molecule has 1 aromatic rings. The summed E-state index contributed by atoms with van der Waals surface area (Å²) in [5.74, 6) is 0.751. The van der Waals surface area contributed by atoms with Gasteiger partial charge in [-0.15, -0.1) is 0 Å². The van der Waals surface area contributed by atoms with Crippen molar-refractivity contribution in [3.05, 3.63) is 29.8 Å². The van der Waals surface area contributed by atoms with Crippen LogP contribution in [0.3, 0.4) is 0 Å². The molecule has 0 saturated carbocycles. The van der Waals surface area contributed by atoms with Crippen molar-refractivity contribution >= 4 is 5.91 Å². The number of rotatable bonds is 6. The minimum atomic E-state index is -0.504. The van der Waals surface area contributed by atoms with Crippen LogP contribution in [0.4, 0.5) is 0 Å². The molecule has 1 rings (SSSR count). The topological polar surface area (TPSA) is 58.6 Å². The summed E-state index contributed by atoms with van der Waals surface area (Å²) in [5.41, 5.74) is 1.07. The minimum Gasteiger partial charge on any atom is -0.497 e. The first-order chi connectivity index (χ1) is 8.11. The molecule has 0 heterocycles. The third kappa shape index (κ3) is 5.36. The zero-order chi connectivity index (χ0) is 12.7. The molecule has 0 unspecified atom stereocenters. The Morgan fingerprint density at radius 3 is 2.94 bits per heavy atom. The average molecular weight is 237 g/mol. The predicted molar refractivity (Wildman–Crippen MR) is 66.0 cm³/mol. The highest BCUT2D eigenvalue weighted by molar-refractivity contribution is 5.76. The molecule has 1 atom stereocenters. The molecule has 1 aromatic carbocycles. The van der Waals surface area contributed by atoms with Gasteiger partial charge in [0.15, 0.2) is 0 Å². The summed E-state index contributed by atoms with van der Waals surface area (Å²) in [7, 11) is 1.62. The number of benzene rings is 1. The number of aryl methyl sites for hydroxylation is 1. The zero-order valence-corrected chi connectivity index (χ0v) is 10.3. The number of nitrogens with one attached hydrogen (secondary N) is 1. The van der Waals surface area contributed by atoms with Crippen LogP contribution in [0.15, 0.2) is 24.3 Å². The van der Waals surface area contributed by atoms with Crippen LogP contribution in [0.2, 0.25) is 0 Å². The van der Waals surface area contributed by atoms with Gasteiger partial charge in [-0.2, -0.15) is 0 Å². The second-order valence-corrected chi connectivity index (χ2v) is 4.00. The van der Waals surface area contributed by atoms with Gasteiger partial charge < -0.3 is 15.2 Å². The second-order valence-electron chi connectivity index (χ2n) is 4.00. The number of carbonyl (C=O) groups excluding carboxylic acids is 1. The van der Waals surface area contributed by atoms with Gasteiger partial charge in [-0.1, -0.05) is 12.1 Å². The number of hydrogen-bond donors (Lipinski definition) is 2. The Morgan fingerprint density at radius 1 is 1.53 bits per heavy atom. The molecule has 1 amide bonds. The van der Waals surface area contributed by atoms with E-state index in [0.29, 0.717) is 19.4 Å². The number of carbonyl (C=O) groups is 1. The van der Waals surface area contributed by atoms with Crippen LogP contribution < -0.4 is 10.1 Å². The molecule has 0 aliphatic rings. The third-order valence-electron chi connectivity index (χ3n) is 2.37. The van der Waals surface area contributed by atoms with Crippen LogP contribution in [0, 0.1) is 0 Å². The molecular formula is C13H19NO3. The van der Waals surface area contributed by atoms with E-state index in [1.54, 1.807) is 14.0 Å². The molecule has 0 radical (unpaired) electrons. The van der Waals surface area contributed by atoms with Gasteiger partial charge >= 0.3 is 0 Å². The number of hydrogen-bond acceptors (Lipinski definition) is 3. The summed E-state index contributed by atoms with van der Waals surface area (Å²) in [6.07, 6.45) is 0.582. The van der Waals surface area contributed by atoms with Crippen molar-refractivity contribution in [3.63, 3.8) is 0 Å². The van der Waals surface area contributed by atoms with Crippen molar-refractivity contribution in [3.8, 4) is 5.75 Å². The first kappa shape index (κ1) is 13.5. The van der Waals surface area contributed by atoms with E-state index in [1.807, 2.05) is 24.3 Å². The number of aliphatic hydroxyl groups excluding tert-OH is 1. The summed E-state index contributed by atoms with van der Waals surface area (Å²) in [6.45, 7) is 1.94. The van der Waals surface area contributed by atoms with E-state index in [9.17, 15) is 4.79 Å². The fourth-order valence-electron chi connectivity index (χ4n) is 1.44. The second kappa shape index (κ2) is 6.91. The standard InChI is InChI=1S/C13H19NO3/c1-10(15)9-14-13(16)7-6-11-4-3-5-12(8-11)17-2/h3-5,8,10,15H,6-7,9H2,1-2H3,(H,14,16)/t10-/m0/s1. The molecule has 4 nitrogen and oxygen atoms in total. The molecule has 0 bridgehead atoms. The molecule has 17 heavy (non-hydrogen) atoms. The molecule has 0 aliphatic carbocycles. The van der Waals surface area contributed by atoms with Gasteiger partial charge in [0.2, 0.25) is 5.91 Å². The van der Waals surface area contributed by atoms with E-state index in [-0.39, 0.29) is 5.91 Å². The lowest BCUT2D eigenvalue weighted by atomic mass is 10.1. The highest BCUT2D eigenvalue weighted by Gasteiger charge is 2.04. The number of methoxy groups -OCH3 is 1. The van der Waals surface area contributed by atoms with E-state index in [4.69, 9.17) is 9.84 Å². The van der Waals surface area contributed by atoms with Gasteiger partial charge in [0.1, 0.15) is 5.75 Å². The molecule has 4 heteroatoms. The van der Waals surface area contributed by atoms with E-state index in [0.717, 1.165) is 11.3 Å². The van der Waals surface area contributed by atoms with Crippen LogP contribution in [0.1, 0.15) is 18.9 Å². The van der Waals surface area contributed by atoms with Crippen LogP contribution in [-0.4, -0.2) is 30.8 Å². The number of ether oxygens (including phenoxy) is 1. The Labute approximate surface area is 102 Å². The normalized spacial score (nSPS) is 11.9. The Kier molecular flexibility index (Phi) is 5.49. The lowest BCUT2D eigenvalue weighted by Gasteiger charge is -2.07. The quantitative estimate of drug-likeness (QED) is 0.779. The van der Waals surface area contributed by atoms with Crippen molar-refractivity contribution in [1.29, 1.82) is 0 Å². The van der Waals surface area contributed by atoms with Crippen molar-refractivity contribution in [1.82, 2.24) is 5.32 Å². The molecule has 0 fully saturated rings. The van der Waals surface area contributed by atoms with Gasteiger partial charge in [-0.25, -0.2) is 0 Å². The van der Waals surface area contributed by atoms with Crippen molar-refractivity contribution in [2.24, 2.45) is 0 Å². The average Bonchev–Trinajstić information content (AvgIpc) is 2.34. The van der Waals surface area contributed by atoms with Crippen LogP contribution in [-0.2, 0) is 11.2 Å². The van der Waals surface area contributed by atoms with E-state index < -0.39 is 6.10 Å². The van der Waals surface area contributed by atoms with E-state index in [2.05, 4.69) is 5.32 Å². The van der Waals surface area contributed by atoms with Gasteiger partial charge in [-0.05, 0) is 31.0 Å². The van der Waals surface area contributed by atoms with Crippen LogP contribution >= 0.6 is 0 Å². The lowest BCUT2D eigenvalue weighted by molar-refractivity contribution is -0.121. The van der Waals surface area contributed by atoms with Crippen molar-refractivity contribution < 1.29 is 14.6 Å². The first-order valence-electron chi connectivity index (χ1n) is 5.69. The fourth-order valence-corrected chi connectivity index (χ4v) is 1.44. The van der Waals surface area contributed by atoms with Gasteiger partial charge in [0, 0.05) is 13.0 Å². The predicted octanol–water partition coefficient (Wildman–Crippen LogP) is 1.12. The highest BCUT2D eigenvalue weighted by atomic mass is 16.5.